The zero-order chi connectivity index (χ0) is 19.1. The lowest BCUT2D eigenvalue weighted by molar-refractivity contribution is -0.129. The predicted octanol–water partition coefficient (Wildman–Crippen LogP) is 3.99. The Hall–Kier alpha value is -2.08. The Morgan fingerprint density at radius 2 is 1.69 bits per heavy atom. The van der Waals surface area contributed by atoms with Gasteiger partial charge in [-0.1, -0.05) is 59.1 Å². The first-order valence-corrected chi connectivity index (χ1v) is 8.84. The van der Waals surface area contributed by atoms with Crippen LogP contribution >= 0.6 is 23.2 Å². The Morgan fingerprint density at radius 3 is 2.31 bits per heavy atom. The van der Waals surface area contributed by atoms with E-state index in [1.165, 1.54) is 0 Å². The SMILES string of the molecule is Cc1ccc(CNC(=O)CC(CC(=O)NO)c2ccc(Cl)cc2Cl)cc1. The van der Waals surface area contributed by atoms with Crippen LogP contribution in [0.3, 0.4) is 0 Å². The first-order chi connectivity index (χ1) is 12.4. The summed E-state index contributed by atoms with van der Waals surface area (Å²) in [7, 11) is 0. The third-order valence-corrected chi connectivity index (χ3v) is 4.56. The zero-order valence-electron chi connectivity index (χ0n) is 14.3. The summed E-state index contributed by atoms with van der Waals surface area (Å²) in [6.45, 7) is 2.39. The average molecular weight is 395 g/mol. The molecule has 1 unspecified atom stereocenters. The molecule has 2 aromatic carbocycles. The van der Waals surface area contributed by atoms with E-state index < -0.39 is 11.8 Å². The molecule has 0 fully saturated rings. The van der Waals surface area contributed by atoms with Crippen LogP contribution in [0.1, 0.15) is 35.4 Å². The molecule has 5 nitrogen and oxygen atoms in total. The van der Waals surface area contributed by atoms with Crippen molar-refractivity contribution < 1.29 is 14.8 Å². The lowest BCUT2D eigenvalue weighted by Gasteiger charge is -2.18. The van der Waals surface area contributed by atoms with Crippen molar-refractivity contribution in [2.75, 3.05) is 0 Å². The molecule has 0 heterocycles. The number of aryl methyl sites for hydroxylation is 1. The smallest absolute Gasteiger partial charge is 0.243 e. The Kier molecular flexibility index (Phi) is 7.45. The van der Waals surface area contributed by atoms with E-state index >= 15 is 0 Å². The normalized spacial score (nSPS) is 11.7. The molecule has 0 aliphatic heterocycles. The molecule has 3 N–H and O–H groups in total. The number of nitrogens with one attached hydrogen (secondary N) is 2. The summed E-state index contributed by atoms with van der Waals surface area (Å²) >= 11 is 12.1. The number of amides is 2. The van der Waals surface area contributed by atoms with E-state index in [-0.39, 0.29) is 18.7 Å². The van der Waals surface area contributed by atoms with Crippen LogP contribution in [0.5, 0.6) is 0 Å². The third kappa shape index (κ3) is 6.02. The summed E-state index contributed by atoms with van der Waals surface area (Å²) in [4.78, 5) is 23.9. The second-order valence-electron chi connectivity index (χ2n) is 6.07. The highest BCUT2D eigenvalue weighted by atomic mass is 35.5. The summed E-state index contributed by atoms with van der Waals surface area (Å²) in [5.41, 5.74) is 4.35. The van der Waals surface area contributed by atoms with E-state index in [0.29, 0.717) is 22.2 Å². The maximum absolute atomic E-state index is 12.3. The number of hydrogen-bond acceptors (Lipinski definition) is 3. The van der Waals surface area contributed by atoms with Gasteiger partial charge in [0.2, 0.25) is 11.8 Å². The van der Waals surface area contributed by atoms with Crippen LogP contribution in [0, 0.1) is 6.92 Å². The number of carbonyl (C=O) groups excluding carboxylic acids is 2. The van der Waals surface area contributed by atoms with Gasteiger partial charge in [-0.05, 0) is 30.2 Å². The molecule has 2 amide bonds. The van der Waals surface area contributed by atoms with Gasteiger partial charge in [-0.15, -0.1) is 0 Å². The molecular weight excluding hydrogens is 375 g/mol. The minimum Gasteiger partial charge on any atom is -0.352 e. The lowest BCUT2D eigenvalue weighted by atomic mass is 9.91. The van der Waals surface area contributed by atoms with E-state index in [1.807, 2.05) is 31.2 Å². The van der Waals surface area contributed by atoms with Gasteiger partial charge in [0.25, 0.3) is 0 Å². The van der Waals surface area contributed by atoms with E-state index in [1.54, 1.807) is 23.7 Å². The summed E-state index contributed by atoms with van der Waals surface area (Å²) in [6.07, 6.45) is -0.0174. The zero-order valence-corrected chi connectivity index (χ0v) is 15.8. The van der Waals surface area contributed by atoms with Gasteiger partial charge in [0, 0.05) is 35.3 Å². The molecule has 0 aliphatic carbocycles. The van der Waals surface area contributed by atoms with Crippen LogP contribution in [0.15, 0.2) is 42.5 Å². The first-order valence-electron chi connectivity index (χ1n) is 8.09. The van der Waals surface area contributed by atoms with Crippen molar-refractivity contribution in [2.45, 2.75) is 32.2 Å². The number of benzene rings is 2. The van der Waals surface area contributed by atoms with Crippen molar-refractivity contribution >= 4 is 35.0 Å². The minimum atomic E-state index is -0.590. The fourth-order valence-electron chi connectivity index (χ4n) is 2.60. The van der Waals surface area contributed by atoms with Crippen LogP contribution in [0.4, 0.5) is 0 Å². The molecule has 1 atom stereocenters. The maximum Gasteiger partial charge on any atom is 0.243 e. The van der Waals surface area contributed by atoms with Gasteiger partial charge in [-0.3, -0.25) is 14.8 Å². The number of carbonyl (C=O) groups is 2. The van der Waals surface area contributed by atoms with Crippen molar-refractivity contribution in [3.8, 4) is 0 Å². The highest BCUT2D eigenvalue weighted by molar-refractivity contribution is 6.35. The van der Waals surface area contributed by atoms with Gasteiger partial charge in [-0.2, -0.15) is 0 Å². The van der Waals surface area contributed by atoms with Crippen molar-refractivity contribution in [1.29, 1.82) is 0 Å². The highest BCUT2D eigenvalue weighted by Gasteiger charge is 2.22. The Morgan fingerprint density at radius 1 is 1.04 bits per heavy atom. The molecule has 0 aromatic heterocycles. The summed E-state index contributed by atoms with van der Waals surface area (Å²) in [6, 6.07) is 12.7. The van der Waals surface area contributed by atoms with E-state index in [4.69, 9.17) is 28.4 Å². The van der Waals surface area contributed by atoms with Crippen LogP contribution in [-0.4, -0.2) is 17.0 Å². The fraction of sp³-hybridized carbons (Fsp3) is 0.263. The molecule has 0 saturated carbocycles. The van der Waals surface area contributed by atoms with Gasteiger partial charge in [-0.25, -0.2) is 5.48 Å². The maximum atomic E-state index is 12.3. The topological polar surface area (TPSA) is 78.4 Å². The number of halogens is 2. The van der Waals surface area contributed by atoms with E-state index in [9.17, 15) is 9.59 Å². The van der Waals surface area contributed by atoms with Crippen LogP contribution in [0.25, 0.3) is 0 Å². The molecule has 7 heteroatoms. The summed E-state index contributed by atoms with van der Waals surface area (Å²) < 4.78 is 0. The van der Waals surface area contributed by atoms with E-state index in [0.717, 1.165) is 11.1 Å². The summed E-state index contributed by atoms with van der Waals surface area (Å²) in [5, 5.41) is 12.5. The largest absolute Gasteiger partial charge is 0.352 e. The summed E-state index contributed by atoms with van der Waals surface area (Å²) in [5.74, 6) is -1.29. The molecule has 26 heavy (non-hydrogen) atoms. The molecule has 2 aromatic rings. The number of hydroxylamine groups is 1. The van der Waals surface area contributed by atoms with Crippen molar-refractivity contribution in [1.82, 2.24) is 10.8 Å². The van der Waals surface area contributed by atoms with Crippen LogP contribution in [-0.2, 0) is 16.1 Å². The molecule has 0 radical (unpaired) electrons. The molecule has 0 aliphatic rings. The standard InChI is InChI=1S/C19H20Cl2N2O3/c1-12-2-4-13(5-3-12)11-22-18(24)8-14(9-19(25)23-26)16-7-6-15(20)10-17(16)21/h2-7,10,14,26H,8-9,11H2,1H3,(H,22,24)(H,23,25). The van der Waals surface area contributed by atoms with Gasteiger partial charge < -0.3 is 5.32 Å². The molecule has 2 rings (SSSR count). The minimum absolute atomic E-state index is 0.0562. The second kappa shape index (κ2) is 9.57. The Bertz CT molecular complexity index is 779. The van der Waals surface area contributed by atoms with Crippen LogP contribution < -0.4 is 10.8 Å². The second-order valence-corrected chi connectivity index (χ2v) is 6.91. The van der Waals surface area contributed by atoms with E-state index in [2.05, 4.69) is 5.32 Å². The van der Waals surface area contributed by atoms with Crippen molar-refractivity contribution in [2.24, 2.45) is 0 Å². The van der Waals surface area contributed by atoms with Crippen LogP contribution in [0.2, 0.25) is 10.0 Å². The number of rotatable bonds is 7. The predicted molar refractivity (Wildman–Crippen MR) is 101 cm³/mol. The van der Waals surface area contributed by atoms with Gasteiger partial charge >= 0.3 is 0 Å². The molecule has 0 saturated heterocycles. The lowest BCUT2D eigenvalue weighted by Crippen LogP contribution is -2.27. The monoisotopic (exact) mass is 394 g/mol. The third-order valence-electron chi connectivity index (χ3n) is 4.00. The average Bonchev–Trinajstić information content (AvgIpc) is 2.60. The van der Waals surface area contributed by atoms with Gasteiger partial charge in [0.15, 0.2) is 0 Å². The van der Waals surface area contributed by atoms with Crippen molar-refractivity contribution in [3.63, 3.8) is 0 Å². The molecule has 0 spiro atoms. The van der Waals surface area contributed by atoms with Crippen molar-refractivity contribution in [3.05, 3.63) is 69.2 Å². The fourth-order valence-corrected chi connectivity index (χ4v) is 3.16. The Balaban J connectivity index is 2.06. The molecule has 0 bridgehead atoms. The molecular formula is C19H20Cl2N2O3. The molecule has 138 valence electrons. The quantitative estimate of drug-likeness (QED) is 0.490. The van der Waals surface area contributed by atoms with Gasteiger partial charge in [0.05, 0.1) is 0 Å². The number of hydrogen-bond donors (Lipinski definition) is 3. The highest BCUT2D eigenvalue weighted by Crippen LogP contribution is 2.32. The van der Waals surface area contributed by atoms with Gasteiger partial charge in [0.1, 0.15) is 0 Å². The Labute approximate surface area is 162 Å². The first kappa shape index (κ1) is 20.2.